The Morgan fingerprint density at radius 1 is 1.33 bits per heavy atom. The van der Waals surface area contributed by atoms with Crippen LogP contribution in [-0.2, 0) is 4.79 Å². The first-order valence-corrected chi connectivity index (χ1v) is 6.34. The second kappa shape index (κ2) is 6.09. The van der Waals surface area contributed by atoms with Crippen LogP contribution in [0.3, 0.4) is 0 Å². The van der Waals surface area contributed by atoms with Crippen molar-refractivity contribution in [3.05, 3.63) is 11.6 Å². The van der Waals surface area contributed by atoms with E-state index in [1.807, 2.05) is 6.08 Å². The normalized spacial score (nSPS) is 17.6. The maximum absolute atomic E-state index is 10.8. The van der Waals surface area contributed by atoms with Crippen molar-refractivity contribution in [2.45, 2.75) is 59.3 Å². The van der Waals surface area contributed by atoms with Crippen LogP contribution >= 0.6 is 0 Å². The highest BCUT2D eigenvalue weighted by atomic mass is 16.1. The SMILES string of the molecule is CCC(CCCC(C)C)CC1=CC(=O)C1. The molecule has 0 N–H and O–H groups in total. The van der Waals surface area contributed by atoms with Crippen molar-refractivity contribution in [1.82, 2.24) is 0 Å². The van der Waals surface area contributed by atoms with Gasteiger partial charge in [0.2, 0.25) is 0 Å². The highest BCUT2D eigenvalue weighted by Gasteiger charge is 2.18. The first-order chi connectivity index (χ1) is 7.11. The van der Waals surface area contributed by atoms with Gasteiger partial charge >= 0.3 is 0 Å². The largest absolute Gasteiger partial charge is 0.295 e. The van der Waals surface area contributed by atoms with E-state index in [1.165, 1.54) is 37.7 Å². The molecule has 0 heterocycles. The van der Waals surface area contributed by atoms with Crippen LogP contribution in [0.5, 0.6) is 0 Å². The molecule has 15 heavy (non-hydrogen) atoms. The Morgan fingerprint density at radius 3 is 2.47 bits per heavy atom. The molecule has 0 spiro atoms. The van der Waals surface area contributed by atoms with Gasteiger partial charge in [0.25, 0.3) is 0 Å². The Morgan fingerprint density at radius 2 is 2.00 bits per heavy atom. The average Bonchev–Trinajstić information content (AvgIpc) is 2.12. The van der Waals surface area contributed by atoms with E-state index in [1.54, 1.807) is 0 Å². The molecule has 0 bridgehead atoms. The molecule has 1 atom stereocenters. The van der Waals surface area contributed by atoms with Gasteiger partial charge in [0.15, 0.2) is 5.78 Å². The third kappa shape index (κ3) is 4.63. The van der Waals surface area contributed by atoms with Crippen LogP contribution in [0.25, 0.3) is 0 Å². The summed E-state index contributed by atoms with van der Waals surface area (Å²) in [5.74, 6) is 1.96. The van der Waals surface area contributed by atoms with Gasteiger partial charge in [0.05, 0.1) is 0 Å². The highest BCUT2D eigenvalue weighted by molar-refractivity contribution is 5.98. The summed E-state index contributed by atoms with van der Waals surface area (Å²) in [7, 11) is 0. The van der Waals surface area contributed by atoms with Crippen LogP contribution in [0.2, 0.25) is 0 Å². The van der Waals surface area contributed by atoms with E-state index in [0.717, 1.165) is 18.3 Å². The zero-order chi connectivity index (χ0) is 11.3. The van der Waals surface area contributed by atoms with Crippen LogP contribution in [0.15, 0.2) is 11.6 Å². The number of ketones is 1. The average molecular weight is 208 g/mol. The molecular weight excluding hydrogens is 184 g/mol. The Balaban J connectivity index is 2.18. The summed E-state index contributed by atoms with van der Waals surface area (Å²) < 4.78 is 0. The molecule has 0 aromatic rings. The zero-order valence-electron chi connectivity index (χ0n) is 10.4. The van der Waals surface area contributed by atoms with Gasteiger partial charge in [0.1, 0.15) is 0 Å². The van der Waals surface area contributed by atoms with Crippen molar-refractivity contribution >= 4 is 5.78 Å². The van der Waals surface area contributed by atoms with Crippen LogP contribution in [0.4, 0.5) is 0 Å². The van der Waals surface area contributed by atoms with Crippen LogP contribution in [-0.4, -0.2) is 5.78 Å². The van der Waals surface area contributed by atoms with Gasteiger partial charge in [-0.2, -0.15) is 0 Å². The molecule has 1 unspecified atom stereocenters. The first kappa shape index (κ1) is 12.5. The molecule has 1 aliphatic carbocycles. The number of hydrogen-bond donors (Lipinski definition) is 0. The molecule has 0 aliphatic heterocycles. The van der Waals surface area contributed by atoms with Crippen molar-refractivity contribution < 1.29 is 4.79 Å². The number of rotatable bonds is 7. The quantitative estimate of drug-likeness (QED) is 0.615. The predicted octanol–water partition coefficient (Wildman–Crippen LogP) is 4.13. The summed E-state index contributed by atoms with van der Waals surface area (Å²) in [6.45, 7) is 6.84. The van der Waals surface area contributed by atoms with Crippen LogP contribution < -0.4 is 0 Å². The minimum atomic E-state index is 0.321. The second-order valence-electron chi connectivity index (χ2n) is 5.25. The lowest BCUT2D eigenvalue weighted by atomic mass is 9.84. The van der Waals surface area contributed by atoms with Crippen LogP contribution in [0.1, 0.15) is 59.3 Å². The minimum Gasteiger partial charge on any atom is -0.295 e. The lowest BCUT2D eigenvalue weighted by molar-refractivity contribution is -0.115. The van der Waals surface area contributed by atoms with Gasteiger partial charge in [-0.3, -0.25) is 4.79 Å². The molecule has 0 aromatic heterocycles. The smallest absolute Gasteiger partial charge is 0.159 e. The Bertz CT molecular complexity index is 238. The molecule has 86 valence electrons. The fraction of sp³-hybridized carbons (Fsp3) is 0.786. The molecule has 1 aliphatic rings. The monoisotopic (exact) mass is 208 g/mol. The molecule has 0 amide bonds. The third-order valence-electron chi connectivity index (χ3n) is 3.29. The molecular formula is C14H24O. The molecule has 0 fully saturated rings. The van der Waals surface area contributed by atoms with E-state index in [-0.39, 0.29) is 0 Å². The van der Waals surface area contributed by atoms with E-state index >= 15 is 0 Å². The predicted molar refractivity (Wildman–Crippen MR) is 64.8 cm³/mol. The van der Waals surface area contributed by atoms with Crippen molar-refractivity contribution in [3.8, 4) is 0 Å². The summed E-state index contributed by atoms with van der Waals surface area (Å²) in [4.78, 5) is 10.8. The molecule has 0 radical (unpaired) electrons. The van der Waals surface area contributed by atoms with Gasteiger partial charge in [0, 0.05) is 6.42 Å². The lowest BCUT2D eigenvalue weighted by Crippen LogP contribution is -2.12. The van der Waals surface area contributed by atoms with Gasteiger partial charge < -0.3 is 0 Å². The van der Waals surface area contributed by atoms with Crippen molar-refractivity contribution in [3.63, 3.8) is 0 Å². The van der Waals surface area contributed by atoms with Crippen molar-refractivity contribution in [2.75, 3.05) is 0 Å². The second-order valence-corrected chi connectivity index (χ2v) is 5.25. The van der Waals surface area contributed by atoms with E-state index < -0.39 is 0 Å². The molecule has 1 nitrogen and oxygen atoms in total. The highest BCUT2D eigenvalue weighted by Crippen LogP contribution is 2.27. The van der Waals surface area contributed by atoms with Gasteiger partial charge in [-0.1, -0.05) is 52.0 Å². The Kier molecular flexibility index (Phi) is 5.07. The lowest BCUT2D eigenvalue weighted by Gasteiger charge is -2.20. The minimum absolute atomic E-state index is 0.321. The van der Waals surface area contributed by atoms with Crippen molar-refractivity contribution in [2.24, 2.45) is 11.8 Å². The van der Waals surface area contributed by atoms with Gasteiger partial charge in [-0.15, -0.1) is 0 Å². The zero-order valence-corrected chi connectivity index (χ0v) is 10.4. The maximum Gasteiger partial charge on any atom is 0.159 e. The van der Waals surface area contributed by atoms with Gasteiger partial charge in [-0.25, -0.2) is 0 Å². The van der Waals surface area contributed by atoms with E-state index in [4.69, 9.17) is 0 Å². The Hall–Kier alpha value is -0.590. The number of hydrogen-bond acceptors (Lipinski definition) is 1. The number of carbonyl (C=O) groups excluding carboxylic acids is 1. The number of allylic oxidation sites excluding steroid dienone is 2. The molecule has 0 saturated heterocycles. The molecule has 1 heteroatoms. The van der Waals surface area contributed by atoms with Crippen molar-refractivity contribution in [1.29, 1.82) is 0 Å². The number of carbonyl (C=O) groups is 1. The fourth-order valence-electron chi connectivity index (χ4n) is 2.19. The van der Waals surface area contributed by atoms with E-state index in [2.05, 4.69) is 20.8 Å². The summed E-state index contributed by atoms with van der Waals surface area (Å²) in [5.41, 5.74) is 1.39. The van der Waals surface area contributed by atoms with Crippen LogP contribution in [0, 0.1) is 11.8 Å². The topological polar surface area (TPSA) is 17.1 Å². The van der Waals surface area contributed by atoms with E-state index in [0.29, 0.717) is 5.78 Å². The summed E-state index contributed by atoms with van der Waals surface area (Å²) in [6, 6.07) is 0. The van der Waals surface area contributed by atoms with E-state index in [9.17, 15) is 4.79 Å². The molecule has 0 saturated carbocycles. The third-order valence-corrected chi connectivity index (χ3v) is 3.29. The summed E-state index contributed by atoms with van der Waals surface area (Å²) in [6.07, 6.45) is 9.02. The summed E-state index contributed by atoms with van der Waals surface area (Å²) >= 11 is 0. The first-order valence-electron chi connectivity index (χ1n) is 6.34. The standard InChI is InChI=1S/C14H24O/c1-4-12(7-5-6-11(2)3)8-13-9-14(15)10-13/h9,11-12H,4-8,10H2,1-3H3. The molecule has 1 rings (SSSR count). The fourth-order valence-corrected chi connectivity index (χ4v) is 2.19. The Labute approximate surface area is 93.9 Å². The maximum atomic E-state index is 10.8. The van der Waals surface area contributed by atoms with Gasteiger partial charge in [-0.05, 0) is 24.3 Å². The molecule has 0 aromatic carbocycles. The summed E-state index contributed by atoms with van der Waals surface area (Å²) in [5, 5.41) is 0.